The summed E-state index contributed by atoms with van der Waals surface area (Å²) in [5, 5.41) is 0. The second-order valence-electron chi connectivity index (χ2n) is 5.89. The molecule has 0 fully saturated rings. The molecule has 0 spiro atoms. The fraction of sp³-hybridized carbons (Fsp3) is 0.412. The third kappa shape index (κ3) is 4.94. The number of rotatable bonds is 6. The maximum Gasteiger partial charge on any atom is 0.104 e. The van der Waals surface area contributed by atoms with Crippen molar-refractivity contribution in [2.75, 3.05) is 14.1 Å². The Bertz CT molecular complexity index is 479. The smallest absolute Gasteiger partial charge is 0.104 e. The zero-order valence-corrected chi connectivity index (χ0v) is 14.7. The molecule has 0 radical (unpaired) electrons. The first kappa shape index (κ1) is 17.2. The number of halogens is 1. The van der Waals surface area contributed by atoms with Crippen molar-refractivity contribution in [1.29, 1.82) is 0 Å². The molecule has 1 unspecified atom stereocenters. The molecule has 0 N–H and O–H groups in total. The fourth-order valence-corrected chi connectivity index (χ4v) is 2.37. The van der Waals surface area contributed by atoms with Crippen molar-refractivity contribution < 1.29 is 32.9 Å². The molecule has 0 saturated heterocycles. The van der Waals surface area contributed by atoms with Gasteiger partial charge >= 0.3 is 0 Å². The molecule has 0 aliphatic rings. The normalized spacial score (nSPS) is 12.8. The molecule has 0 bridgehead atoms. The lowest BCUT2D eigenvalue weighted by Crippen LogP contribution is -3.00. The van der Waals surface area contributed by atoms with Gasteiger partial charge in [-0.2, -0.15) is 0 Å². The Morgan fingerprint density at radius 2 is 1.75 bits per heavy atom. The Hall–Kier alpha value is -0.810. The van der Waals surface area contributed by atoms with Gasteiger partial charge in [0.25, 0.3) is 0 Å². The minimum absolute atomic E-state index is 0. The molecule has 0 aliphatic carbocycles. The molecule has 2 nitrogen and oxygen atoms in total. The van der Waals surface area contributed by atoms with Gasteiger partial charge in [0.15, 0.2) is 0 Å². The second kappa shape index (κ2) is 7.84. The Labute approximate surface area is 139 Å². The quantitative estimate of drug-likeness (QED) is 0.532. The summed E-state index contributed by atoms with van der Waals surface area (Å²) in [6, 6.07) is 15.3. The molecule has 110 valence electrons. The van der Waals surface area contributed by atoms with Crippen LogP contribution in [0.3, 0.4) is 0 Å². The van der Waals surface area contributed by atoms with E-state index in [-0.39, 0.29) is 24.0 Å². The van der Waals surface area contributed by atoms with Crippen LogP contribution in [0.15, 0.2) is 53.1 Å². The van der Waals surface area contributed by atoms with Gasteiger partial charge in [-0.05, 0) is 19.1 Å². The van der Waals surface area contributed by atoms with Crippen molar-refractivity contribution in [3.63, 3.8) is 0 Å². The predicted octanol–water partition coefficient (Wildman–Crippen LogP) is 0.881. The Balaban J connectivity index is 0.00000200. The van der Waals surface area contributed by atoms with E-state index in [9.17, 15) is 0 Å². The molecule has 0 aliphatic heterocycles. The van der Waals surface area contributed by atoms with Gasteiger partial charge in [-0.15, -0.1) is 0 Å². The SMILES string of the molecule is CC(CCc1ccco1)[N+](C)(C)Cc1ccccc1.[I-]. The van der Waals surface area contributed by atoms with Gasteiger partial charge in [0.05, 0.1) is 26.4 Å². The van der Waals surface area contributed by atoms with Gasteiger partial charge in [0.1, 0.15) is 12.3 Å². The summed E-state index contributed by atoms with van der Waals surface area (Å²) in [6.45, 7) is 3.39. The van der Waals surface area contributed by atoms with E-state index in [1.54, 1.807) is 6.26 Å². The second-order valence-corrected chi connectivity index (χ2v) is 5.89. The number of aryl methyl sites for hydroxylation is 1. The van der Waals surface area contributed by atoms with E-state index in [4.69, 9.17) is 4.42 Å². The van der Waals surface area contributed by atoms with Crippen LogP contribution in [0.4, 0.5) is 0 Å². The lowest BCUT2D eigenvalue weighted by atomic mass is 10.1. The molecule has 1 atom stereocenters. The maximum absolute atomic E-state index is 5.41. The summed E-state index contributed by atoms with van der Waals surface area (Å²) < 4.78 is 6.41. The molecule has 2 rings (SSSR count). The first-order valence-corrected chi connectivity index (χ1v) is 6.97. The highest BCUT2D eigenvalue weighted by atomic mass is 127. The molecule has 0 saturated carbocycles. The number of quaternary nitrogens is 1. The molecule has 1 heterocycles. The largest absolute Gasteiger partial charge is 1.00 e. The van der Waals surface area contributed by atoms with E-state index in [0.717, 1.165) is 29.6 Å². The summed E-state index contributed by atoms with van der Waals surface area (Å²) >= 11 is 0. The highest BCUT2D eigenvalue weighted by Gasteiger charge is 2.24. The van der Waals surface area contributed by atoms with Crippen LogP contribution >= 0.6 is 0 Å². The lowest BCUT2D eigenvalue weighted by molar-refractivity contribution is -0.926. The Kier molecular flexibility index (Phi) is 6.76. The van der Waals surface area contributed by atoms with E-state index in [1.807, 2.05) is 6.07 Å². The van der Waals surface area contributed by atoms with Crippen molar-refractivity contribution in [2.45, 2.75) is 32.4 Å². The van der Waals surface area contributed by atoms with Crippen LogP contribution in [0.5, 0.6) is 0 Å². The summed E-state index contributed by atoms with van der Waals surface area (Å²) in [7, 11) is 4.61. The Morgan fingerprint density at radius 3 is 2.35 bits per heavy atom. The first-order chi connectivity index (χ1) is 9.08. The highest BCUT2D eigenvalue weighted by Crippen LogP contribution is 2.18. The Morgan fingerprint density at radius 1 is 1.05 bits per heavy atom. The first-order valence-electron chi connectivity index (χ1n) is 6.97. The van der Waals surface area contributed by atoms with Crippen LogP contribution in [0.25, 0.3) is 0 Å². The molecule has 1 aromatic heterocycles. The van der Waals surface area contributed by atoms with Gasteiger partial charge < -0.3 is 32.9 Å². The molecule has 0 amide bonds. The maximum atomic E-state index is 5.41. The molecular formula is C17H24INO. The molecule has 1 aromatic carbocycles. The monoisotopic (exact) mass is 385 g/mol. The van der Waals surface area contributed by atoms with Gasteiger partial charge in [0, 0.05) is 18.4 Å². The molecule has 2 aromatic rings. The number of furan rings is 1. The average Bonchev–Trinajstić information content (AvgIpc) is 2.89. The van der Waals surface area contributed by atoms with E-state index < -0.39 is 0 Å². The third-order valence-corrected chi connectivity index (χ3v) is 4.01. The van der Waals surface area contributed by atoms with Crippen LogP contribution in [0.1, 0.15) is 24.7 Å². The van der Waals surface area contributed by atoms with Crippen molar-refractivity contribution in [1.82, 2.24) is 0 Å². The minimum atomic E-state index is 0. The lowest BCUT2D eigenvalue weighted by Gasteiger charge is -2.36. The van der Waals surface area contributed by atoms with Crippen LogP contribution in [0.2, 0.25) is 0 Å². The zero-order valence-electron chi connectivity index (χ0n) is 12.6. The van der Waals surface area contributed by atoms with Gasteiger partial charge in [0.2, 0.25) is 0 Å². The van der Waals surface area contributed by atoms with Crippen molar-refractivity contribution in [2.24, 2.45) is 0 Å². The van der Waals surface area contributed by atoms with Gasteiger partial charge in [-0.1, -0.05) is 30.3 Å². The summed E-state index contributed by atoms with van der Waals surface area (Å²) in [5.41, 5.74) is 1.40. The predicted molar refractivity (Wildman–Crippen MR) is 78.7 cm³/mol. The van der Waals surface area contributed by atoms with Crippen LogP contribution in [-0.2, 0) is 13.0 Å². The van der Waals surface area contributed by atoms with Crippen LogP contribution < -0.4 is 24.0 Å². The van der Waals surface area contributed by atoms with E-state index in [1.165, 1.54) is 5.56 Å². The fourth-order valence-electron chi connectivity index (χ4n) is 2.37. The van der Waals surface area contributed by atoms with Crippen molar-refractivity contribution >= 4 is 0 Å². The summed E-state index contributed by atoms with van der Waals surface area (Å²) in [4.78, 5) is 0. The summed E-state index contributed by atoms with van der Waals surface area (Å²) in [5.74, 6) is 1.09. The highest BCUT2D eigenvalue weighted by molar-refractivity contribution is 5.13. The van der Waals surface area contributed by atoms with E-state index >= 15 is 0 Å². The van der Waals surface area contributed by atoms with Gasteiger partial charge in [-0.25, -0.2) is 0 Å². The topological polar surface area (TPSA) is 13.1 Å². The van der Waals surface area contributed by atoms with E-state index in [2.05, 4.69) is 57.4 Å². The standard InChI is InChI=1S/C17H24NO.HI/c1-15(11-12-17-10-7-13-19-17)18(2,3)14-16-8-5-4-6-9-16;/h4-10,13,15H,11-12,14H2,1-3H3;1H/q+1;/p-1. The molecule has 3 heteroatoms. The van der Waals surface area contributed by atoms with Gasteiger partial charge in [-0.3, -0.25) is 0 Å². The molecular weight excluding hydrogens is 361 g/mol. The van der Waals surface area contributed by atoms with Crippen molar-refractivity contribution in [3.05, 3.63) is 60.1 Å². The number of hydrogen-bond donors (Lipinski definition) is 0. The van der Waals surface area contributed by atoms with Crippen LogP contribution in [-0.4, -0.2) is 24.6 Å². The zero-order chi connectivity index (χ0) is 13.7. The van der Waals surface area contributed by atoms with Crippen LogP contribution in [0, 0.1) is 0 Å². The molecule has 20 heavy (non-hydrogen) atoms. The minimum Gasteiger partial charge on any atom is -1.00 e. The number of hydrogen-bond acceptors (Lipinski definition) is 1. The summed E-state index contributed by atoms with van der Waals surface area (Å²) in [6.07, 6.45) is 3.92. The van der Waals surface area contributed by atoms with Crippen molar-refractivity contribution in [3.8, 4) is 0 Å². The third-order valence-electron chi connectivity index (χ3n) is 4.01. The number of benzene rings is 1. The number of nitrogens with zero attached hydrogens (tertiary/aromatic N) is 1. The van der Waals surface area contributed by atoms with E-state index in [0.29, 0.717) is 6.04 Å². The average molecular weight is 385 g/mol.